The standard InChI is InChI=1S/C16H14Cl3N3OS/c1-3-4-11-21-12-13(24-11)9-6-5-8(2)7-10(9)20-14(12)22-15(23)16(17,18)19/h5-7H,3-4H2,1-2H3,(H,20,22,23). The maximum absolute atomic E-state index is 12.0. The van der Waals surface area contributed by atoms with Gasteiger partial charge in [-0.2, -0.15) is 0 Å². The number of benzene rings is 1. The number of hydrogen-bond acceptors (Lipinski definition) is 4. The lowest BCUT2D eigenvalue weighted by Gasteiger charge is -2.12. The van der Waals surface area contributed by atoms with E-state index in [2.05, 4.69) is 22.2 Å². The average Bonchev–Trinajstić information content (AvgIpc) is 2.90. The molecule has 1 N–H and O–H groups in total. The van der Waals surface area contributed by atoms with Gasteiger partial charge in [-0.15, -0.1) is 11.3 Å². The largest absolute Gasteiger partial charge is 0.305 e. The molecule has 0 bridgehead atoms. The summed E-state index contributed by atoms with van der Waals surface area (Å²) in [7, 11) is 0. The SMILES string of the molecule is CCCc1nc2c(NC(=O)C(Cl)(Cl)Cl)nc3cc(C)ccc3c2s1. The Bertz CT molecular complexity index is 934. The van der Waals surface area contributed by atoms with Gasteiger partial charge in [0.1, 0.15) is 5.52 Å². The Morgan fingerprint density at radius 1 is 1.29 bits per heavy atom. The second-order valence-electron chi connectivity index (χ2n) is 5.47. The predicted octanol–water partition coefficient (Wildman–Crippen LogP) is 5.41. The van der Waals surface area contributed by atoms with Crippen molar-refractivity contribution in [2.24, 2.45) is 0 Å². The van der Waals surface area contributed by atoms with E-state index < -0.39 is 9.70 Å². The first-order chi connectivity index (χ1) is 11.3. The van der Waals surface area contributed by atoms with Gasteiger partial charge in [0.05, 0.1) is 15.2 Å². The molecule has 0 fully saturated rings. The van der Waals surface area contributed by atoms with Crippen molar-refractivity contribution in [3.63, 3.8) is 0 Å². The summed E-state index contributed by atoms with van der Waals surface area (Å²) in [6.07, 6.45) is 1.85. The van der Waals surface area contributed by atoms with E-state index in [-0.39, 0.29) is 0 Å². The number of fused-ring (bicyclic) bond motifs is 3. The number of anilines is 1. The molecule has 0 aliphatic heterocycles. The predicted molar refractivity (Wildman–Crippen MR) is 103 cm³/mol. The Morgan fingerprint density at radius 3 is 2.71 bits per heavy atom. The molecule has 0 aliphatic carbocycles. The molecular weight excluding hydrogens is 389 g/mol. The molecule has 126 valence electrons. The molecule has 4 nitrogen and oxygen atoms in total. The van der Waals surface area contributed by atoms with Crippen molar-refractivity contribution in [2.75, 3.05) is 5.32 Å². The molecule has 0 saturated carbocycles. The number of aryl methyl sites for hydroxylation is 2. The van der Waals surface area contributed by atoms with Gasteiger partial charge in [-0.3, -0.25) is 4.79 Å². The average molecular weight is 403 g/mol. The third-order valence-corrected chi connectivity index (χ3v) is 5.14. The Hall–Kier alpha value is -1.14. The topological polar surface area (TPSA) is 54.9 Å². The van der Waals surface area contributed by atoms with Crippen molar-refractivity contribution in [1.82, 2.24) is 9.97 Å². The molecule has 0 radical (unpaired) electrons. The van der Waals surface area contributed by atoms with Gasteiger partial charge in [0.2, 0.25) is 0 Å². The zero-order valence-corrected chi connectivity index (χ0v) is 16.1. The van der Waals surface area contributed by atoms with Crippen LogP contribution in [-0.2, 0) is 11.2 Å². The van der Waals surface area contributed by atoms with Crippen LogP contribution in [0, 0.1) is 6.92 Å². The number of carbonyl (C=O) groups is 1. The lowest BCUT2D eigenvalue weighted by Crippen LogP contribution is -2.27. The number of halogens is 3. The minimum absolute atomic E-state index is 0.318. The first kappa shape index (κ1) is 17.7. The Balaban J connectivity index is 2.22. The molecule has 24 heavy (non-hydrogen) atoms. The van der Waals surface area contributed by atoms with Gasteiger partial charge in [-0.25, -0.2) is 9.97 Å². The van der Waals surface area contributed by atoms with Crippen LogP contribution in [0.1, 0.15) is 23.9 Å². The monoisotopic (exact) mass is 401 g/mol. The summed E-state index contributed by atoms with van der Waals surface area (Å²) in [5.41, 5.74) is 2.47. The van der Waals surface area contributed by atoms with Crippen LogP contribution >= 0.6 is 46.1 Å². The first-order valence-electron chi connectivity index (χ1n) is 7.37. The summed E-state index contributed by atoms with van der Waals surface area (Å²) in [6.45, 7) is 4.08. The van der Waals surface area contributed by atoms with Gasteiger partial charge < -0.3 is 5.32 Å². The molecule has 0 atom stereocenters. The molecule has 2 heterocycles. The number of hydrogen-bond donors (Lipinski definition) is 1. The molecule has 3 rings (SSSR count). The Labute approximate surface area is 158 Å². The maximum atomic E-state index is 12.0. The normalized spacial score (nSPS) is 12.0. The van der Waals surface area contributed by atoms with Crippen LogP contribution in [0.15, 0.2) is 18.2 Å². The summed E-state index contributed by atoms with van der Waals surface area (Å²) in [6, 6.07) is 6.01. The van der Waals surface area contributed by atoms with Crippen LogP contribution in [0.5, 0.6) is 0 Å². The summed E-state index contributed by atoms with van der Waals surface area (Å²) in [4.78, 5) is 21.2. The molecule has 0 saturated heterocycles. The molecule has 8 heteroatoms. The van der Waals surface area contributed by atoms with E-state index in [1.807, 2.05) is 25.1 Å². The highest BCUT2D eigenvalue weighted by Crippen LogP contribution is 2.35. The molecule has 2 aromatic heterocycles. The van der Waals surface area contributed by atoms with Crippen molar-refractivity contribution in [3.05, 3.63) is 28.8 Å². The number of nitrogens with one attached hydrogen (secondary N) is 1. The van der Waals surface area contributed by atoms with E-state index in [1.165, 1.54) is 0 Å². The highest BCUT2D eigenvalue weighted by atomic mass is 35.6. The number of alkyl halides is 3. The van der Waals surface area contributed by atoms with Gasteiger partial charge in [0, 0.05) is 5.39 Å². The fraction of sp³-hybridized carbons (Fsp3) is 0.312. The van der Waals surface area contributed by atoms with Crippen LogP contribution in [0.4, 0.5) is 5.82 Å². The molecule has 0 aliphatic rings. The number of rotatable bonds is 3. The summed E-state index contributed by atoms with van der Waals surface area (Å²) in [5, 5.41) is 4.58. The van der Waals surface area contributed by atoms with Gasteiger partial charge >= 0.3 is 0 Å². The molecule has 0 spiro atoms. The minimum Gasteiger partial charge on any atom is -0.305 e. The Morgan fingerprint density at radius 2 is 2.04 bits per heavy atom. The molecular formula is C16H14Cl3N3OS. The summed E-state index contributed by atoms with van der Waals surface area (Å²) < 4.78 is -1.08. The lowest BCUT2D eigenvalue weighted by molar-refractivity contribution is -0.115. The maximum Gasteiger partial charge on any atom is 0.277 e. The van der Waals surface area contributed by atoms with E-state index in [9.17, 15) is 4.79 Å². The number of pyridine rings is 1. The first-order valence-corrected chi connectivity index (χ1v) is 9.32. The van der Waals surface area contributed by atoms with Gasteiger partial charge in [0.15, 0.2) is 5.82 Å². The quantitative estimate of drug-likeness (QED) is 0.596. The highest BCUT2D eigenvalue weighted by Gasteiger charge is 2.31. The van der Waals surface area contributed by atoms with E-state index in [4.69, 9.17) is 34.8 Å². The van der Waals surface area contributed by atoms with E-state index >= 15 is 0 Å². The van der Waals surface area contributed by atoms with Crippen LogP contribution in [-0.4, -0.2) is 19.7 Å². The van der Waals surface area contributed by atoms with Crippen LogP contribution < -0.4 is 5.32 Å². The van der Waals surface area contributed by atoms with Crippen LogP contribution in [0.3, 0.4) is 0 Å². The van der Waals surface area contributed by atoms with Crippen molar-refractivity contribution < 1.29 is 4.79 Å². The summed E-state index contributed by atoms with van der Waals surface area (Å²) >= 11 is 18.6. The zero-order valence-electron chi connectivity index (χ0n) is 13.0. The number of aromatic nitrogens is 2. The van der Waals surface area contributed by atoms with Gasteiger partial charge in [-0.05, 0) is 31.4 Å². The molecule has 0 unspecified atom stereocenters. The second kappa shape index (κ2) is 6.64. The van der Waals surface area contributed by atoms with Gasteiger partial charge in [0.25, 0.3) is 9.70 Å². The highest BCUT2D eigenvalue weighted by molar-refractivity contribution is 7.19. The third kappa shape index (κ3) is 3.45. The van der Waals surface area contributed by atoms with Gasteiger partial charge in [-0.1, -0.05) is 53.9 Å². The molecule has 1 amide bonds. The fourth-order valence-corrected chi connectivity index (χ4v) is 3.74. The number of carbonyl (C=O) groups excluding carboxylic acids is 1. The number of thiazole rings is 1. The second-order valence-corrected chi connectivity index (χ2v) is 8.83. The van der Waals surface area contributed by atoms with Crippen molar-refractivity contribution in [1.29, 1.82) is 0 Å². The Kier molecular flexibility index (Phi) is 4.89. The fourth-order valence-electron chi connectivity index (χ4n) is 2.39. The molecule has 1 aromatic carbocycles. The van der Waals surface area contributed by atoms with Crippen molar-refractivity contribution >= 4 is 79.0 Å². The minimum atomic E-state index is -2.06. The van der Waals surface area contributed by atoms with Crippen LogP contribution in [0.25, 0.3) is 21.1 Å². The zero-order chi connectivity index (χ0) is 17.5. The third-order valence-electron chi connectivity index (χ3n) is 3.48. The van der Waals surface area contributed by atoms with E-state index in [1.54, 1.807) is 11.3 Å². The van der Waals surface area contributed by atoms with E-state index in [0.717, 1.165) is 39.0 Å². The lowest BCUT2D eigenvalue weighted by atomic mass is 10.1. The number of nitrogens with zero attached hydrogens (tertiary/aromatic N) is 2. The van der Waals surface area contributed by atoms with E-state index in [0.29, 0.717) is 11.3 Å². The number of amides is 1. The summed E-state index contributed by atoms with van der Waals surface area (Å²) in [5.74, 6) is -0.434. The van der Waals surface area contributed by atoms with Crippen molar-refractivity contribution in [3.8, 4) is 0 Å². The van der Waals surface area contributed by atoms with Crippen LogP contribution in [0.2, 0.25) is 0 Å². The smallest absolute Gasteiger partial charge is 0.277 e. The molecule has 3 aromatic rings. The van der Waals surface area contributed by atoms with Crippen molar-refractivity contribution in [2.45, 2.75) is 30.5 Å².